The van der Waals surface area contributed by atoms with E-state index in [0.717, 1.165) is 5.56 Å². The van der Waals surface area contributed by atoms with Gasteiger partial charge in [-0.15, -0.1) is 11.3 Å². The fraction of sp³-hybridized carbons (Fsp3) is 0.231. The molecular weight excluding hydrogens is 292 g/mol. The average Bonchev–Trinajstić information content (AvgIpc) is 2.77. The molecule has 0 bridgehead atoms. The van der Waals surface area contributed by atoms with Gasteiger partial charge in [-0.25, -0.2) is 9.82 Å². The van der Waals surface area contributed by atoms with E-state index in [1.54, 1.807) is 18.4 Å². The summed E-state index contributed by atoms with van der Waals surface area (Å²) < 4.78 is 52.3. The lowest BCUT2D eigenvalue weighted by Gasteiger charge is -2.19. The number of hydrogen-bond donors (Lipinski definition) is 2. The maximum absolute atomic E-state index is 14.1. The lowest BCUT2D eigenvalue weighted by molar-refractivity contribution is -0.140. The van der Waals surface area contributed by atoms with Crippen molar-refractivity contribution >= 4 is 11.3 Å². The van der Waals surface area contributed by atoms with Gasteiger partial charge in [-0.05, 0) is 30.0 Å². The van der Waals surface area contributed by atoms with E-state index in [-0.39, 0.29) is 5.56 Å². The van der Waals surface area contributed by atoms with Crippen LogP contribution in [0.15, 0.2) is 29.6 Å². The van der Waals surface area contributed by atoms with Crippen LogP contribution in [0, 0.1) is 12.7 Å². The Morgan fingerprint density at radius 3 is 2.45 bits per heavy atom. The zero-order chi connectivity index (χ0) is 14.9. The summed E-state index contributed by atoms with van der Waals surface area (Å²) in [5.41, 5.74) is 1.82. The van der Waals surface area contributed by atoms with Gasteiger partial charge in [0.15, 0.2) is 0 Å². The van der Waals surface area contributed by atoms with Crippen LogP contribution in [0.2, 0.25) is 0 Å². The van der Waals surface area contributed by atoms with Crippen molar-refractivity contribution in [3.05, 3.63) is 57.0 Å². The van der Waals surface area contributed by atoms with E-state index < -0.39 is 23.6 Å². The second-order valence-electron chi connectivity index (χ2n) is 4.27. The molecule has 1 atom stereocenters. The minimum Gasteiger partial charge on any atom is -0.271 e. The molecular formula is C13H12F4N2S. The summed E-state index contributed by atoms with van der Waals surface area (Å²) in [5.74, 6) is 4.11. The highest BCUT2D eigenvalue weighted by molar-refractivity contribution is 7.10. The van der Waals surface area contributed by atoms with E-state index in [9.17, 15) is 17.6 Å². The van der Waals surface area contributed by atoms with E-state index in [0.29, 0.717) is 10.9 Å². The summed E-state index contributed by atoms with van der Waals surface area (Å²) in [6, 6.07) is 4.18. The SMILES string of the molecule is Cc1ccsc1C(NN)c1cccc(C(F)(F)F)c1F. The molecule has 0 amide bonds. The number of aryl methyl sites for hydroxylation is 1. The molecule has 0 aliphatic heterocycles. The molecule has 0 fully saturated rings. The van der Waals surface area contributed by atoms with Crippen LogP contribution >= 0.6 is 11.3 Å². The van der Waals surface area contributed by atoms with E-state index in [2.05, 4.69) is 5.43 Å². The van der Waals surface area contributed by atoms with Gasteiger partial charge in [0.2, 0.25) is 0 Å². The molecule has 0 aliphatic carbocycles. The third kappa shape index (κ3) is 2.70. The van der Waals surface area contributed by atoms with E-state index >= 15 is 0 Å². The Bertz CT molecular complexity index is 607. The van der Waals surface area contributed by atoms with Crippen molar-refractivity contribution < 1.29 is 17.6 Å². The topological polar surface area (TPSA) is 38.0 Å². The van der Waals surface area contributed by atoms with E-state index in [1.807, 2.05) is 0 Å². The van der Waals surface area contributed by atoms with Crippen LogP contribution in [0.1, 0.15) is 27.6 Å². The smallest absolute Gasteiger partial charge is 0.271 e. The lowest BCUT2D eigenvalue weighted by atomic mass is 10.00. The van der Waals surface area contributed by atoms with E-state index in [1.165, 1.54) is 23.5 Å². The normalized spacial score (nSPS) is 13.5. The molecule has 0 spiro atoms. The van der Waals surface area contributed by atoms with Crippen LogP contribution < -0.4 is 11.3 Å². The standard InChI is InChI=1S/C13H12F4N2S/c1-7-5-6-20-12(7)11(19-18)8-3-2-4-9(10(8)14)13(15,16)17/h2-6,11,19H,18H2,1H3. The predicted molar refractivity (Wildman–Crippen MR) is 69.6 cm³/mol. The van der Waals surface area contributed by atoms with Gasteiger partial charge in [-0.1, -0.05) is 12.1 Å². The van der Waals surface area contributed by atoms with Crippen molar-refractivity contribution in [2.24, 2.45) is 5.84 Å². The molecule has 0 aliphatic rings. The second kappa shape index (κ2) is 5.51. The zero-order valence-corrected chi connectivity index (χ0v) is 11.3. The minimum absolute atomic E-state index is 0.118. The van der Waals surface area contributed by atoms with Crippen molar-refractivity contribution in [3.63, 3.8) is 0 Å². The van der Waals surface area contributed by atoms with Gasteiger partial charge in [-0.3, -0.25) is 5.84 Å². The molecule has 1 aromatic carbocycles. The molecule has 2 aromatic rings. The van der Waals surface area contributed by atoms with Crippen molar-refractivity contribution in [2.75, 3.05) is 0 Å². The molecule has 7 heteroatoms. The number of nitrogens with one attached hydrogen (secondary N) is 1. The number of hydrogen-bond acceptors (Lipinski definition) is 3. The van der Waals surface area contributed by atoms with Gasteiger partial charge in [0.1, 0.15) is 5.82 Å². The number of rotatable bonds is 3. The average molecular weight is 304 g/mol. The largest absolute Gasteiger partial charge is 0.419 e. The fourth-order valence-electron chi connectivity index (χ4n) is 1.98. The fourth-order valence-corrected chi connectivity index (χ4v) is 2.98. The highest BCUT2D eigenvalue weighted by atomic mass is 32.1. The first kappa shape index (κ1) is 15.0. The van der Waals surface area contributed by atoms with Crippen LogP contribution in [-0.2, 0) is 6.18 Å². The highest BCUT2D eigenvalue weighted by Gasteiger charge is 2.36. The summed E-state index contributed by atoms with van der Waals surface area (Å²) in [6.07, 6.45) is -4.73. The predicted octanol–water partition coefficient (Wildman–Crippen LogP) is 3.77. The third-order valence-electron chi connectivity index (χ3n) is 2.98. The minimum atomic E-state index is -4.73. The molecule has 2 rings (SSSR count). The molecule has 0 radical (unpaired) electrons. The maximum atomic E-state index is 14.1. The van der Waals surface area contributed by atoms with Crippen LogP contribution in [0.25, 0.3) is 0 Å². The maximum Gasteiger partial charge on any atom is 0.419 e. The molecule has 0 saturated heterocycles. The van der Waals surface area contributed by atoms with Crippen molar-refractivity contribution in [3.8, 4) is 0 Å². The van der Waals surface area contributed by atoms with E-state index in [4.69, 9.17) is 5.84 Å². The van der Waals surface area contributed by atoms with Gasteiger partial charge < -0.3 is 0 Å². The van der Waals surface area contributed by atoms with Crippen molar-refractivity contribution in [2.45, 2.75) is 19.1 Å². The molecule has 2 nitrogen and oxygen atoms in total. The Balaban J connectivity index is 2.54. The number of thiophene rings is 1. The number of halogens is 4. The van der Waals surface area contributed by atoms with Gasteiger partial charge >= 0.3 is 6.18 Å². The monoisotopic (exact) mass is 304 g/mol. The Labute approximate surface area is 117 Å². The van der Waals surface area contributed by atoms with Gasteiger partial charge in [-0.2, -0.15) is 13.2 Å². The van der Waals surface area contributed by atoms with Crippen LogP contribution in [-0.4, -0.2) is 0 Å². The van der Waals surface area contributed by atoms with Gasteiger partial charge in [0, 0.05) is 10.4 Å². The number of nitrogens with two attached hydrogens (primary N) is 1. The van der Waals surface area contributed by atoms with Gasteiger partial charge in [0.05, 0.1) is 11.6 Å². The first-order valence-corrected chi connectivity index (χ1v) is 6.60. The summed E-state index contributed by atoms with van der Waals surface area (Å²) in [6.45, 7) is 1.79. The molecule has 20 heavy (non-hydrogen) atoms. The Morgan fingerprint density at radius 2 is 1.95 bits per heavy atom. The molecule has 0 saturated carbocycles. The Morgan fingerprint density at radius 1 is 1.25 bits per heavy atom. The molecule has 1 unspecified atom stereocenters. The molecule has 1 heterocycles. The first-order chi connectivity index (χ1) is 9.36. The first-order valence-electron chi connectivity index (χ1n) is 5.72. The summed E-state index contributed by atoms with van der Waals surface area (Å²) in [4.78, 5) is 0.686. The van der Waals surface area contributed by atoms with Crippen LogP contribution in [0.5, 0.6) is 0 Å². The Hall–Kier alpha value is -1.44. The Kier molecular flexibility index (Phi) is 4.12. The number of hydrazine groups is 1. The number of benzene rings is 1. The van der Waals surface area contributed by atoms with Crippen molar-refractivity contribution in [1.82, 2.24) is 5.43 Å². The van der Waals surface area contributed by atoms with Crippen LogP contribution in [0.3, 0.4) is 0 Å². The summed E-state index contributed by atoms with van der Waals surface area (Å²) >= 11 is 1.31. The summed E-state index contributed by atoms with van der Waals surface area (Å²) in [7, 11) is 0. The van der Waals surface area contributed by atoms with Gasteiger partial charge in [0.25, 0.3) is 0 Å². The molecule has 108 valence electrons. The molecule has 1 aromatic heterocycles. The van der Waals surface area contributed by atoms with Crippen molar-refractivity contribution in [1.29, 1.82) is 0 Å². The quantitative estimate of drug-likeness (QED) is 0.515. The number of alkyl halides is 3. The van der Waals surface area contributed by atoms with Crippen LogP contribution in [0.4, 0.5) is 17.6 Å². The third-order valence-corrected chi connectivity index (χ3v) is 4.06. The lowest BCUT2D eigenvalue weighted by Crippen LogP contribution is -2.30. The zero-order valence-electron chi connectivity index (χ0n) is 10.5. The highest BCUT2D eigenvalue weighted by Crippen LogP contribution is 2.36. The second-order valence-corrected chi connectivity index (χ2v) is 5.22. The summed E-state index contributed by atoms with van der Waals surface area (Å²) in [5, 5.41) is 1.78. The molecule has 3 N–H and O–H groups in total.